The van der Waals surface area contributed by atoms with E-state index in [4.69, 9.17) is 0 Å². The van der Waals surface area contributed by atoms with Crippen molar-refractivity contribution in [3.8, 4) is 0 Å². The molecule has 148 valence electrons. The van der Waals surface area contributed by atoms with E-state index in [-0.39, 0.29) is 23.9 Å². The van der Waals surface area contributed by atoms with Gasteiger partial charge in [0.15, 0.2) is 0 Å². The van der Waals surface area contributed by atoms with E-state index in [1.807, 2.05) is 45.0 Å². The van der Waals surface area contributed by atoms with Crippen LogP contribution in [-0.2, 0) is 17.8 Å². The number of fused-ring (bicyclic) bond motifs is 1. The molecular formula is C20H26N6O2. The van der Waals surface area contributed by atoms with E-state index >= 15 is 0 Å². The molecule has 0 atom stereocenters. The topological polar surface area (TPSA) is 104 Å². The molecule has 3 aromatic rings. The number of aromatic nitrogens is 4. The van der Waals surface area contributed by atoms with Crippen LogP contribution in [0.15, 0.2) is 29.1 Å². The first-order chi connectivity index (χ1) is 13.3. The first-order valence-corrected chi connectivity index (χ1v) is 9.40. The quantitative estimate of drug-likeness (QED) is 0.580. The van der Waals surface area contributed by atoms with Crippen LogP contribution in [0, 0.1) is 13.8 Å². The second-order valence-electron chi connectivity index (χ2n) is 7.25. The predicted octanol–water partition coefficient (Wildman–Crippen LogP) is 2.10. The molecular weight excluding hydrogens is 356 g/mol. The Labute approximate surface area is 163 Å². The van der Waals surface area contributed by atoms with Crippen molar-refractivity contribution < 1.29 is 4.79 Å². The molecule has 2 aromatic heterocycles. The summed E-state index contributed by atoms with van der Waals surface area (Å²) in [6.45, 7) is 8.20. The molecule has 0 unspecified atom stereocenters. The van der Waals surface area contributed by atoms with Gasteiger partial charge < -0.3 is 10.6 Å². The van der Waals surface area contributed by atoms with Crippen molar-refractivity contribution in [3.63, 3.8) is 0 Å². The van der Waals surface area contributed by atoms with Crippen LogP contribution >= 0.6 is 0 Å². The molecule has 0 aliphatic carbocycles. The number of carbonyl (C=O) groups excluding carboxylic acids is 1. The van der Waals surface area contributed by atoms with E-state index in [2.05, 4.69) is 25.7 Å². The van der Waals surface area contributed by atoms with Gasteiger partial charge in [-0.3, -0.25) is 14.7 Å². The van der Waals surface area contributed by atoms with E-state index in [0.717, 1.165) is 5.56 Å². The van der Waals surface area contributed by atoms with Gasteiger partial charge in [0.1, 0.15) is 0 Å². The lowest BCUT2D eigenvalue weighted by Gasteiger charge is -2.08. The van der Waals surface area contributed by atoms with Gasteiger partial charge in [0.2, 0.25) is 11.9 Å². The molecule has 3 N–H and O–H groups in total. The van der Waals surface area contributed by atoms with Crippen molar-refractivity contribution in [1.29, 1.82) is 0 Å². The Bertz CT molecular complexity index is 1030. The van der Waals surface area contributed by atoms with Gasteiger partial charge in [-0.1, -0.05) is 29.8 Å². The minimum Gasteiger partial charge on any atom is -0.354 e. The number of nitrogens with one attached hydrogen (secondary N) is 3. The van der Waals surface area contributed by atoms with Gasteiger partial charge in [0.25, 0.3) is 11.3 Å². The van der Waals surface area contributed by atoms with E-state index in [9.17, 15) is 9.59 Å². The maximum Gasteiger partial charge on any atom is 0.277 e. The van der Waals surface area contributed by atoms with Crippen molar-refractivity contribution >= 4 is 17.6 Å². The maximum atomic E-state index is 12.8. The van der Waals surface area contributed by atoms with Crippen molar-refractivity contribution in [2.45, 2.75) is 53.1 Å². The normalized spacial score (nSPS) is 11.2. The molecule has 2 heterocycles. The molecule has 8 nitrogen and oxygen atoms in total. The minimum absolute atomic E-state index is 0.0741. The van der Waals surface area contributed by atoms with Gasteiger partial charge in [0, 0.05) is 24.6 Å². The number of aromatic amines is 1. The molecule has 3 rings (SSSR count). The molecule has 0 radical (unpaired) electrons. The molecule has 8 heteroatoms. The highest BCUT2D eigenvalue weighted by molar-refractivity contribution is 5.76. The summed E-state index contributed by atoms with van der Waals surface area (Å²) in [5.41, 5.74) is 3.20. The van der Waals surface area contributed by atoms with Gasteiger partial charge in [-0.05, 0) is 39.7 Å². The largest absolute Gasteiger partial charge is 0.354 e. The minimum atomic E-state index is -0.226. The Kier molecular flexibility index (Phi) is 5.77. The second kappa shape index (κ2) is 8.24. The van der Waals surface area contributed by atoms with Crippen LogP contribution in [-0.4, -0.2) is 31.5 Å². The van der Waals surface area contributed by atoms with Crippen LogP contribution in [0.2, 0.25) is 0 Å². The monoisotopic (exact) mass is 382 g/mol. The summed E-state index contributed by atoms with van der Waals surface area (Å²) in [6.07, 6.45) is 0.582. The summed E-state index contributed by atoms with van der Waals surface area (Å²) >= 11 is 0. The van der Waals surface area contributed by atoms with E-state index in [0.29, 0.717) is 35.9 Å². The average Bonchev–Trinajstić information content (AvgIpc) is 3.03. The highest BCUT2D eigenvalue weighted by atomic mass is 16.1. The van der Waals surface area contributed by atoms with Crippen molar-refractivity contribution in [1.82, 2.24) is 24.9 Å². The van der Waals surface area contributed by atoms with Crippen LogP contribution in [0.5, 0.6) is 0 Å². The van der Waals surface area contributed by atoms with E-state index < -0.39 is 0 Å². The fourth-order valence-corrected chi connectivity index (χ4v) is 2.95. The standard InChI is InChI=1S/C20H26N6O2/c1-12(2)22-17(27)10-9-16-14(4)23-20-24-19(25-26(20)18(16)28)21-11-15-7-5-13(3)6-8-15/h5-8,12H,9-11H2,1-4H3,(H,22,27)(H2,21,23,24,25). The Balaban J connectivity index is 1.76. The van der Waals surface area contributed by atoms with Crippen LogP contribution in [0.4, 0.5) is 5.95 Å². The Morgan fingerprint density at radius 1 is 1.18 bits per heavy atom. The number of benzene rings is 1. The zero-order valence-corrected chi connectivity index (χ0v) is 16.7. The highest BCUT2D eigenvalue weighted by Gasteiger charge is 2.15. The smallest absolute Gasteiger partial charge is 0.277 e. The molecule has 28 heavy (non-hydrogen) atoms. The number of carbonyl (C=O) groups is 1. The first kappa shape index (κ1) is 19.6. The third-order valence-corrected chi connectivity index (χ3v) is 4.43. The molecule has 1 amide bonds. The number of rotatable bonds is 7. The summed E-state index contributed by atoms with van der Waals surface area (Å²) < 4.78 is 1.32. The van der Waals surface area contributed by atoms with Crippen LogP contribution in [0.25, 0.3) is 5.78 Å². The lowest BCUT2D eigenvalue weighted by Crippen LogP contribution is -2.31. The van der Waals surface area contributed by atoms with Gasteiger partial charge in [-0.25, -0.2) is 4.98 Å². The zero-order valence-electron chi connectivity index (χ0n) is 16.7. The summed E-state index contributed by atoms with van der Waals surface area (Å²) in [5.74, 6) is 0.701. The molecule has 0 saturated carbocycles. The zero-order chi connectivity index (χ0) is 20.3. The number of nitrogens with zero attached hydrogens (tertiary/aromatic N) is 3. The maximum absolute atomic E-state index is 12.8. The summed E-state index contributed by atoms with van der Waals surface area (Å²) in [4.78, 5) is 33.4. The highest BCUT2D eigenvalue weighted by Crippen LogP contribution is 2.09. The molecule has 0 aliphatic rings. The summed E-state index contributed by atoms with van der Waals surface area (Å²) in [7, 11) is 0. The molecule has 1 aromatic carbocycles. The van der Waals surface area contributed by atoms with E-state index in [1.165, 1.54) is 10.1 Å². The first-order valence-electron chi connectivity index (χ1n) is 9.40. The van der Waals surface area contributed by atoms with Gasteiger partial charge in [-0.2, -0.15) is 9.50 Å². The lowest BCUT2D eigenvalue weighted by molar-refractivity contribution is -0.121. The second-order valence-corrected chi connectivity index (χ2v) is 7.25. The summed E-state index contributed by atoms with van der Waals surface area (Å²) in [6, 6.07) is 8.25. The van der Waals surface area contributed by atoms with Crippen LogP contribution < -0.4 is 16.2 Å². The van der Waals surface area contributed by atoms with Crippen LogP contribution in [0.3, 0.4) is 0 Å². The number of H-pyrrole nitrogens is 1. The Morgan fingerprint density at radius 3 is 2.57 bits per heavy atom. The van der Waals surface area contributed by atoms with Gasteiger partial charge in [-0.15, -0.1) is 0 Å². The number of anilines is 1. The number of hydrogen-bond donors (Lipinski definition) is 3. The van der Waals surface area contributed by atoms with Crippen molar-refractivity contribution in [3.05, 3.63) is 57.0 Å². The fraction of sp³-hybridized carbons (Fsp3) is 0.400. The molecule has 0 saturated heterocycles. The SMILES string of the molecule is Cc1ccc(CNc2nc3nc(C)c(CCC(=O)NC(C)C)c(=O)n3[nH]2)cc1. The van der Waals surface area contributed by atoms with Gasteiger partial charge >= 0.3 is 0 Å². The molecule has 0 spiro atoms. The number of amides is 1. The lowest BCUT2D eigenvalue weighted by atomic mass is 10.1. The van der Waals surface area contributed by atoms with Crippen LogP contribution in [0.1, 0.15) is 42.7 Å². The third kappa shape index (κ3) is 4.57. The predicted molar refractivity (Wildman–Crippen MR) is 108 cm³/mol. The third-order valence-electron chi connectivity index (χ3n) is 4.43. The van der Waals surface area contributed by atoms with Crippen molar-refractivity contribution in [2.75, 3.05) is 5.32 Å². The van der Waals surface area contributed by atoms with Crippen molar-refractivity contribution in [2.24, 2.45) is 0 Å². The van der Waals surface area contributed by atoms with Gasteiger partial charge in [0.05, 0.1) is 5.69 Å². The Hall–Kier alpha value is -3.16. The molecule has 0 aliphatic heterocycles. The molecule has 0 bridgehead atoms. The number of hydrogen-bond acceptors (Lipinski definition) is 5. The Morgan fingerprint density at radius 2 is 1.89 bits per heavy atom. The number of aryl methyl sites for hydroxylation is 2. The fourth-order valence-electron chi connectivity index (χ4n) is 2.95. The summed E-state index contributed by atoms with van der Waals surface area (Å²) in [5, 5.41) is 8.96. The average molecular weight is 382 g/mol. The molecule has 0 fully saturated rings. The van der Waals surface area contributed by atoms with E-state index in [1.54, 1.807) is 6.92 Å².